The highest BCUT2D eigenvalue weighted by Gasteiger charge is 2.44. The van der Waals surface area contributed by atoms with E-state index in [9.17, 15) is 35.9 Å². The summed E-state index contributed by atoms with van der Waals surface area (Å²) in [6.07, 6.45) is -14.1. The molecule has 0 heterocycles. The fourth-order valence-corrected chi connectivity index (χ4v) is 1.68. The van der Waals surface area contributed by atoms with Crippen LogP contribution in [0, 0.1) is 0 Å². The zero-order valence-corrected chi connectivity index (χ0v) is 9.79. The Morgan fingerprint density at radius 3 is 1.95 bits per heavy atom. The lowest BCUT2D eigenvalue weighted by molar-refractivity contribution is -0.149. The van der Waals surface area contributed by atoms with Crippen molar-refractivity contribution in [1.82, 2.24) is 0 Å². The Hall–Kier alpha value is -2.10. The van der Waals surface area contributed by atoms with Crippen LogP contribution in [0.1, 0.15) is 33.2 Å². The Balaban J connectivity index is 3.79. The summed E-state index contributed by atoms with van der Waals surface area (Å²) in [4.78, 5) is 21.2. The summed E-state index contributed by atoms with van der Waals surface area (Å²) in [5.41, 5.74) is -7.11. The van der Waals surface area contributed by atoms with E-state index in [0.29, 0.717) is 0 Å². The van der Waals surface area contributed by atoms with Gasteiger partial charge in [0, 0.05) is 11.1 Å². The van der Waals surface area contributed by atoms with Gasteiger partial charge in [-0.15, -0.1) is 0 Å². The summed E-state index contributed by atoms with van der Waals surface area (Å²) in [6, 6.07) is 0.290. The lowest BCUT2D eigenvalue weighted by Gasteiger charge is -2.20. The molecular weight excluding hydrogens is 310 g/mol. The standard InChI is InChI=1S/C11H6F6O4/c12-10(13,14)6-2-1-4(8(19)9(20)21)7(5(6)3-18)11(15,16)17/h1-3,8,19H,(H,20,21). The summed E-state index contributed by atoms with van der Waals surface area (Å²) in [5, 5.41) is 17.6. The SMILES string of the molecule is O=Cc1c(C(F)(F)F)ccc(C(O)C(=O)O)c1C(F)(F)F. The van der Waals surface area contributed by atoms with E-state index in [1.54, 1.807) is 0 Å². The van der Waals surface area contributed by atoms with Gasteiger partial charge in [-0.25, -0.2) is 4.79 Å². The maximum absolute atomic E-state index is 12.9. The molecule has 1 aromatic rings. The average molecular weight is 316 g/mol. The van der Waals surface area contributed by atoms with Gasteiger partial charge in [-0.1, -0.05) is 6.07 Å². The number of benzene rings is 1. The molecule has 0 fully saturated rings. The smallest absolute Gasteiger partial charge is 0.417 e. The maximum Gasteiger partial charge on any atom is 0.417 e. The second-order valence-corrected chi connectivity index (χ2v) is 3.85. The van der Waals surface area contributed by atoms with Gasteiger partial charge in [0.05, 0.1) is 11.1 Å². The molecular formula is C11H6F6O4. The normalized spacial score (nSPS) is 13.9. The van der Waals surface area contributed by atoms with Crippen LogP contribution in [0.25, 0.3) is 0 Å². The van der Waals surface area contributed by atoms with Crippen LogP contribution in [0.5, 0.6) is 0 Å². The highest BCUT2D eigenvalue weighted by atomic mass is 19.4. The minimum absolute atomic E-state index is 0.112. The van der Waals surface area contributed by atoms with Gasteiger partial charge in [-0.05, 0) is 6.07 Å². The van der Waals surface area contributed by atoms with E-state index in [1.807, 2.05) is 0 Å². The Bertz CT molecular complexity index is 575. The molecule has 1 aromatic carbocycles. The molecule has 4 nitrogen and oxygen atoms in total. The summed E-state index contributed by atoms with van der Waals surface area (Å²) in [5.74, 6) is -2.10. The number of aliphatic hydroxyl groups is 1. The molecule has 21 heavy (non-hydrogen) atoms. The van der Waals surface area contributed by atoms with Gasteiger partial charge in [0.2, 0.25) is 0 Å². The third-order valence-corrected chi connectivity index (χ3v) is 2.51. The first-order valence-electron chi connectivity index (χ1n) is 5.08. The van der Waals surface area contributed by atoms with Gasteiger partial charge in [0.1, 0.15) is 0 Å². The average Bonchev–Trinajstić information content (AvgIpc) is 2.33. The third-order valence-electron chi connectivity index (χ3n) is 2.51. The molecule has 0 aliphatic carbocycles. The van der Waals surface area contributed by atoms with Crippen molar-refractivity contribution < 1.29 is 46.1 Å². The van der Waals surface area contributed by atoms with Gasteiger partial charge >= 0.3 is 18.3 Å². The quantitative estimate of drug-likeness (QED) is 0.664. The van der Waals surface area contributed by atoms with Crippen molar-refractivity contribution in [3.63, 3.8) is 0 Å². The molecule has 0 aliphatic heterocycles. The first kappa shape index (κ1) is 17.0. The molecule has 0 saturated carbocycles. The Kier molecular flexibility index (Phi) is 4.32. The number of rotatable bonds is 3. The van der Waals surface area contributed by atoms with Crippen LogP contribution in [-0.4, -0.2) is 22.5 Å². The molecule has 2 N–H and O–H groups in total. The minimum Gasteiger partial charge on any atom is -0.479 e. The van der Waals surface area contributed by atoms with E-state index in [0.717, 1.165) is 0 Å². The molecule has 10 heteroatoms. The molecule has 1 unspecified atom stereocenters. The van der Waals surface area contributed by atoms with Crippen molar-refractivity contribution in [1.29, 1.82) is 0 Å². The van der Waals surface area contributed by atoms with Crippen molar-refractivity contribution in [3.8, 4) is 0 Å². The molecule has 1 rings (SSSR count). The van der Waals surface area contributed by atoms with Crippen LogP contribution in [0.15, 0.2) is 12.1 Å². The summed E-state index contributed by atoms with van der Waals surface area (Å²) in [7, 11) is 0. The highest BCUT2D eigenvalue weighted by Crippen LogP contribution is 2.42. The van der Waals surface area contributed by atoms with Gasteiger partial charge in [-0.3, -0.25) is 4.79 Å². The van der Waals surface area contributed by atoms with Crippen LogP contribution in [0.4, 0.5) is 26.3 Å². The molecule has 0 spiro atoms. The number of carbonyl (C=O) groups is 2. The number of hydrogen-bond acceptors (Lipinski definition) is 3. The summed E-state index contributed by atoms with van der Waals surface area (Å²) in [6.45, 7) is 0. The number of carboxylic acids is 1. The lowest BCUT2D eigenvalue weighted by Crippen LogP contribution is -2.22. The van der Waals surface area contributed by atoms with Crippen LogP contribution >= 0.6 is 0 Å². The molecule has 1 atom stereocenters. The topological polar surface area (TPSA) is 74.6 Å². The van der Waals surface area contributed by atoms with Crippen LogP contribution in [0.3, 0.4) is 0 Å². The predicted molar refractivity (Wildman–Crippen MR) is 54.4 cm³/mol. The van der Waals surface area contributed by atoms with Crippen molar-refractivity contribution in [3.05, 3.63) is 34.4 Å². The third kappa shape index (κ3) is 3.32. The number of alkyl halides is 6. The Morgan fingerprint density at radius 1 is 1.10 bits per heavy atom. The van der Waals surface area contributed by atoms with E-state index < -0.39 is 53.0 Å². The molecule has 0 saturated heterocycles. The monoisotopic (exact) mass is 316 g/mol. The largest absolute Gasteiger partial charge is 0.479 e. The number of aliphatic carboxylic acids is 1. The number of aldehydes is 1. The Labute approximate surface area is 112 Å². The zero-order valence-electron chi connectivity index (χ0n) is 9.79. The second-order valence-electron chi connectivity index (χ2n) is 3.85. The molecule has 0 amide bonds. The van der Waals surface area contributed by atoms with Gasteiger partial charge in [-0.2, -0.15) is 26.3 Å². The van der Waals surface area contributed by atoms with Crippen molar-refractivity contribution in [2.45, 2.75) is 18.5 Å². The van der Waals surface area contributed by atoms with E-state index in [1.165, 1.54) is 0 Å². The number of carbonyl (C=O) groups excluding carboxylic acids is 1. The minimum atomic E-state index is -5.46. The molecule has 0 aromatic heterocycles. The van der Waals surface area contributed by atoms with Crippen molar-refractivity contribution in [2.75, 3.05) is 0 Å². The molecule has 0 bridgehead atoms. The van der Waals surface area contributed by atoms with E-state index >= 15 is 0 Å². The van der Waals surface area contributed by atoms with Gasteiger partial charge < -0.3 is 10.2 Å². The number of halogens is 6. The summed E-state index contributed by atoms with van der Waals surface area (Å²) < 4.78 is 76.3. The molecule has 116 valence electrons. The lowest BCUT2D eigenvalue weighted by atomic mass is 9.93. The van der Waals surface area contributed by atoms with Crippen molar-refractivity contribution in [2.24, 2.45) is 0 Å². The van der Waals surface area contributed by atoms with E-state index in [4.69, 9.17) is 10.2 Å². The summed E-state index contributed by atoms with van der Waals surface area (Å²) >= 11 is 0. The highest BCUT2D eigenvalue weighted by molar-refractivity contribution is 5.83. The fraction of sp³-hybridized carbons (Fsp3) is 0.273. The Morgan fingerprint density at radius 2 is 1.62 bits per heavy atom. The van der Waals surface area contributed by atoms with Crippen LogP contribution in [-0.2, 0) is 17.1 Å². The number of carboxylic acid groups (broad SMARTS) is 1. The van der Waals surface area contributed by atoms with E-state index in [2.05, 4.69) is 0 Å². The first-order valence-corrected chi connectivity index (χ1v) is 5.08. The second kappa shape index (κ2) is 5.35. The molecule has 0 radical (unpaired) electrons. The first-order chi connectivity index (χ1) is 9.41. The molecule has 0 aliphatic rings. The van der Waals surface area contributed by atoms with Crippen LogP contribution in [0.2, 0.25) is 0 Å². The van der Waals surface area contributed by atoms with Crippen LogP contribution < -0.4 is 0 Å². The number of hydrogen-bond donors (Lipinski definition) is 2. The van der Waals surface area contributed by atoms with E-state index in [-0.39, 0.29) is 12.1 Å². The fourth-order valence-electron chi connectivity index (χ4n) is 1.68. The predicted octanol–water partition coefficient (Wildman–Crippen LogP) is 2.65. The van der Waals surface area contributed by atoms with Gasteiger partial charge in [0.25, 0.3) is 0 Å². The maximum atomic E-state index is 12.9. The number of aliphatic hydroxyl groups excluding tert-OH is 1. The van der Waals surface area contributed by atoms with Gasteiger partial charge in [0.15, 0.2) is 12.4 Å². The zero-order chi connectivity index (χ0) is 16.6. The van der Waals surface area contributed by atoms with Crippen molar-refractivity contribution >= 4 is 12.3 Å².